The van der Waals surface area contributed by atoms with Crippen LogP contribution in [0.5, 0.6) is 0 Å². The Hall–Kier alpha value is -0.610. The number of carbonyl (C=O) groups excluding carboxylic acids is 1. The van der Waals surface area contributed by atoms with Crippen LogP contribution in [0.15, 0.2) is 0 Å². The third-order valence-corrected chi connectivity index (χ3v) is 3.88. The van der Waals surface area contributed by atoms with Crippen molar-refractivity contribution in [3.63, 3.8) is 0 Å². The molecule has 2 atom stereocenters. The molecule has 0 spiro atoms. The van der Waals surface area contributed by atoms with Crippen LogP contribution >= 0.6 is 0 Å². The Morgan fingerprint density at radius 3 is 2.44 bits per heavy atom. The Bertz CT molecular complexity index is 277. The molecule has 1 aliphatic carbocycles. The normalized spacial score (nSPS) is 32.1. The van der Waals surface area contributed by atoms with Gasteiger partial charge in [0.25, 0.3) is 0 Å². The maximum absolute atomic E-state index is 11.7. The highest BCUT2D eigenvalue weighted by Gasteiger charge is 2.36. The molecule has 2 unspecified atom stereocenters. The van der Waals surface area contributed by atoms with E-state index in [0.717, 1.165) is 13.1 Å². The van der Waals surface area contributed by atoms with Crippen LogP contribution in [0.4, 0.5) is 0 Å². The predicted octanol–water partition coefficient (Wildman–Crippen LogP) is 1.31. The lowest BCUT2D eigenvalue weighted by Gasteiger charge is -2.43. The van der Waals surface area contributed by atoms with E-state index in [2.05, 4.69) is 10.6 Å². The fourth-order valence-corrected chi connectivity index (χ4v) is 3.21. The fourth-order valence-electron chi connectivity index (χ4n) is 3.21. The van der Waals surface area contributed by atoms with E-state index in [0.29, 0.717) is 24.4 Å². The van der Waals surface area contributed by atoms with Crippen LogP contribution in [0, 0.1) is 11.8 Å². The summed E-state index contributed by atoms with van der Waals surface area (Å²) in [5.74, 6) is 1.22. The van der Waals surface area contributed by atoms with Gasteiger partial charge < -0.3 is 15.4 Å². The van der Waals surface area contributed by atoms with E-state index in [1.54, 1.807) is 0 Å². The second kappa shape index (κ2) is 5.57. The summed E-state index contributed by atoms with van der Waals surface area (Å²) in [5.41, 5.74) is -0.386. The molecule has 0 radical (unpaired) electrons. The van der Waals surface area contributed by atoms with Crippen molar-refractivity contribution in [3.8, 4) is 0 Å². The molecule has 4 heteroatoms. The van der Waals surface area contributed by atoms with Crippen LogP contribution in [0.3, 0.4) is 0 Å². The lowest BCUT2D eigenvalue weighted by atomic mass is 9.74. The van der Waals surface area contributed by atoms with Gasteiger partial charge in [-0.15, -0.1) is 0 Å². The number of hydrogen-bond acceptors (Lipinski definition) is 4. The number of carbonyl (C=O) groups is 1. The van der Waals surface area contributed by atoms with Crippen molar-refractivity contribution in [1.29, 1.82) is 0 Å². The van der Waals surface area contributed by atoms with Crippen LogP contribution in [0.2, 0.25) is 0 Å². The zero-order valence-corrected chi connectivity index (χ0v) is 11.8. The van der Waals surface area contributed by atoms with E-state index in [-0.39, 0.29) is 11.6 Å². The number of esters is 1. The van der Waals surface area contributed by atoms with E-state index in [1.165, 1.54) is 19.3 Å². The zero-order chi connectivity index (χ0) is 13.2. The molecule has 1 saturated carbocycles. The zero-order valence-electron chi connectivity index (χ0n) is 11.8. The van der Waals surface area contributed by atoms with Gasteiger partial charge >= 0.3 is 5.97 Å². The molecular formula is C14H26N2O2. The molecule has 0 aromatic carbocycles. The monoisotopic (exact) mass is 254 g/mol. The fraction of sp³-hybridized carbons (Fsp3) is 0.929. The minimum Gasteiger partial charge on any atom is -0.459 e. The van der Waals surface area contributed by atoms with Crippen molar-refractivity contribution >= 4 is 5.97 Å². The van der Waals surface area contributed by atoms with Crippen molar-refractivity contribution in [3.05, 3.63) is 0 Å². The summed E-state index contributed by atoms with van der Waals surface area (Å²) in [4.78, 5) is 11.7. The van der Waals surface area contributed by atoms with Gasteiger partial charge in [-0.1, -0.05) is 6.42 Å². The summed E-state index contributed by atoms with van der Waals surface area (Å²) in [6, 6.07) is 0.493. The summed E-state index contributed by atoms with van der Waals surface area (Å²) in [7, 11) is 0. The molecule has 2 rings (SSSR count). The van der Waals surface area contributed by atoms with Crippen LogP contribution in [0.1, 0.15) is 40.0 Å². The van der Waals surface area contributed by atoms with Crippen molar-refractivity contribution in [2.75, 3.05) is 19.6 Å². The first-order valence-electron chi connectivity index (χ1n) is 7.11. The van der Waals surface area contributed by atoms with Crippen molar-refractivity contribution < 1.29 is 9.53 Å². The number of ether oxygens (including phenoxy) is 1. The summed E-state index contributed by atoms with van der Waals surface area (Å²) in [6.07, 6.45) is 3.88. The van der Waals surface area contributed by atoms with Crippen LogP contribution < -0.4 is 10.6 Å². The molecule has 0 aromatic heterocycles. The predicted molar refractivity (Wildman–Crippen MR) is 71.3 cm³/mol. The second-order valence-corrected chi connectivity index (χ2v) is 6.60. The van der Waals surface area contributed by atoms with Gasteiger partial charge in [0.05, 0.1) is 6.54 Å². The lowest BCUT2D eigenvalue weighted by molar-refractivity contribution is -0.154. The molecule has 1 saturated heterocycles. The lowest BCUT2D eigenvalue weighted by Crippen LogP contribution is -2.56. The first kappa shape index (κ1) is 13.8. The van der Waals surface area contributed by atoms with Crippen LogP contribution in [-0.2, 0) is 9.53 Å². The summed E-state index contributed by atoms with van der Waals surface area (Å²) in [5, 5.41) is 6.92. The van der Waals surface area contributed by atoms with Gasteiger partial charge in [0.1, 0.15) is 5.60 Å². The van der Waals surface area contributed by atoms with E-state index < -0.39 is 0 Å². The quantitative estimate of drug-likeness (QED) is 0.746. The molecule has 2 bridgehead atoms. The Morgan fingerprint density at radius 2 is 1.89 bits per heavy atom. The molecule has 2 aliphatic rings. The average Bonchev–Trinajstić information content (AvgIpc) is 2.23. The van der Waals surface area contributed by atoms with Gasteiger partial charge in [-0.05, 0) is 58.5 Å². The molecule has 2 fully saturated rings. The first-order chi connectivity index (χ1) is 8.46. The highest BCUT2D eigenvalue weighted by molar-refractivity contribution is 5.72. The first-order valence-corrected chi connectivity index (χ1v) is 7.11. The molecule has 104 valence electrons. The highest BCUT2D eigenvalue weighted by atomic mass is 16.6. The summed E-state index contributed by atoms with van der Waals surface area (Å²) < 4.78 is 5.33. The molecule has 4 nitrogen and oxygen atoms in total. The Morgan fingerprint density at radius 1 is 1.28 bits per heavy atom. The smallest absolute Gasteiger partial charge is 0.320 e. The highest BCUT2D eigenvalue weighted by Crippen LogP contribution is 2.31. The van der Waals surface area contributed by atoms with E-state index in [4.69, 9.17) is 4.74 Å². The molecule has 1 heterocycles. The molecule has 0 amide bonds. The van der Waals surface area contributed by atoms with Crippen molar-refractivity contribution in [2.24, 2.45) is 11.8 Å². The van der Waals surface area contributed by atoms with Gasteiger partial charge in [-0.3, -0.25) is 4.79 Å². The SMILES string of the molecule is CC(C)(C)OC(=O)CNC1C2CCCC1CNC2. The van der Waals surface area contributed by atoms with Crippen LogP contribution in [-0.4, -0.2) is 37.2 Å². The Kier molecular flexibility index (Phi) is 4.28. The maximum Gasteiger partial charge on any atom is 0.320 e. The molecule has 0 aromatic rings. The molecule has 1 aliphatic heterocycles. The number of nitrogens with one attached hydrogen (secondary N) is 2. The minimum atomic E-state index is -0.386. The average molecular weight is 254 g/mol. The third-order valence-electron chi connectivity index (χ3n) is 3.88. The van der Waals surface area contributed by atoms with Crippen molar-refractivity contribution in [1.82, 2.24) is 10.6 Å². The number of rotatable bonds is 3. The number of fused-ring (bicyclic) bond motifs is 2. The summed E-state index contributed by atoms with van der Waals surface area (Å²) in [6.45, 7) is 8.23. The van der Waals surface area contributed by atoms with Gasteiger partial charge in [0, 0.05) is 6.04 Å². The second-order valence-electron chi connectivity index (χ2n) is 6.60. The largest absolute Gasteiger partial charge is 0.459 e. The van der Waals surface area contributed by atoms with E-state index >= 15 is 0 Å². The third kappa shape index (κ3) is 3.69. The van der Waals surface area contributed by atoms with Gasteiger partial charge in [0.15, 0.2) is 0 Å². The Labute approximate surface area is 110 Å². The topological polar surface area (TPSA) is 50.4 Å². The molecule has 2 N–H and O–H groups in total. The molecule has 18 heavy (non-hydrogen) atoms. The van der Waals surface area contributed by atoms with E-state index in [1.807, 2.05) is 20.8 Å². The van der Waals surface area contributed by atoms with Gasteiger partial charge in [0.2, 0.25) is 0 Å². The standard InChI is InChI=1S/C14H26N2O2/c1-14(2,3)18-12(17)9-16-13-10-5-4-6-11(13)8-15-7-10/h10-11,13,15-16H,4-9H2,1-3H3. The van der Waals surface area contributed by atoms with Crippen molar-refractivity contribution in [2.45, 2.75) is 51.7 Å². The van der Waals surface area contributed by atoms with Crippen LogP contribution in [0.25, 0.3) is 0 Å². The molecular weight excluding hydrogens is 228 g/mol. The van der Waals surface area contributed by atoms with Gasteiger partial charge in [-0.2, -0.15) is 0 Å². The Balaban J connectivity index is 1.80. The van der Waals surface area contributed by atoms with Gasteiger partial charge in [-0.25, -0.2) is 0 Å². The number of piperidine rings is 1. The maximum atomic E-state index is 11.7. The number of hydrogen-bond donors (Lipinski definition) is 2. The van der Waals surface area contributed by atoms with E-state index in [9.17, 15) is 4.79 Å². The minimum absolute atomic E-state index is 0.140. The summed E-state index contributed by atoms with van der Waals surface area (Å²) >= 11 is 0.